The predicted octanol–water partition coefficient (Wildman–Crippen LogP) is 3.90. The molecule has 152 valence electrons. The van der Waals surface area contributed by atoms with Gasteiger partial charge < -0.3 is 18.9 Å². The molecule has 0 aliphatic carbocycles. The fourth-order valence-electron chi connectivity index (χ4n) is 2.53. The minimum absolute atomic E-state index is 0.105. The Hall–Kier alpha value is -2.15. The average Bonchev–Trinajstić information content (AvgIpc) is 3.02. The minimum Gasteiger partial charge on any atom is -0.444 e. The molecule has 0 aliphatic rings. The number of Topliss-reactive ketones (excluding diaryl/α,β-unsaturated/α-hetero) is 1. The van der Waals surface area contributed by atoms with Crippen molar-refractivity contribution in [3.8, 4) is 0 Å². The molecule has 1 rings (SSSR count). The number of carbonyl (C=O) groups excluding carboxylic acids is 2. The number of imidazole rings is 1. The third kappa shape index (κ3) is 6.82. The topological polar surface area (TPSA) is 73.7 Å². The zero-order chi connectivity index (χ0) is 20.8. The fraction of sp³-hybridized carbons (Fsp3) is 0.650. The average molecular weight is 380 g/mol. The third-order valence-corrected chi connectivity index (χ3v) is 3.94. The smallest absolute Gasteiger partial charge is 0.410 e. The number of carbonyl (C=O) groups is 2. The molecule has 1 aromatic rings. The lowest BCUT2D eigenvalue weighted by atomic mass is 9.99. The van der Waals surface area contributed by atoms with Crippen molar-refractivity contribution < 1.29 is 19.1 Å². The van der Waals surface area contributed by atoms with Crippen molar-refractivity contribution >= 4 is 11.9 Å². The van der Waals surface area contributed by atoms with Crippen LogP contribution >= 0.6 is 0 Å². The van der Waals surface area contributed by atoms with Gasteiger partial charge in [0.25, 0.3) is 0 Å². The quantitative estimate of drug-likeness (QED) is 0.506. The molecule has 0 fully saturated rings. The summed E-state index contributed by atoms with van der Waals surface area (Å²) in [6.45, 7) is 13.9. The first-order valence-electron chi connectivity index (χ1n) is 9.25. The number of hydrogen-bond acceptors (Lipinski definition) is 5. The van der Waals surface area contributed by atoms with E-state index in [4.69, 9.17) is 9.47 Å². The molecule has 1 unspecified atom stereocenters. The summed E-state index contributed by atoms with van der Waals surface area (Å²) in [7, 11) is 1.68. The van der Waals surface area contributed by atoms with E-state index in [2.05, 4.69) is 4.98 Å². The Morgan fingerprint density at radius 3 is 2.48 bits per heavy atom. The monoisotopic (exact) mass is 379 g/mol. The summed E-state index contributed by atoms with van der Waals surface area (Å²) in [6, 6.07) is -0.279. The minimum atomic E-state index is -0.578. The number of nitrogens with zero attached hydrogens (tertiary/aromatic N) is 3. The Morgan fingerprint density at radius 2 is 1.96 bits per heavy atom. The summed E-state index contributed by atoms with van der Waals surface area (Å²) < 4.78 is 12.5. The van der Waals surface area contributed by atoms with E-state index in [-0.39, 0.29) is 24.5 Å². The summed E-state index contributed by atoms with van der Waals surface area (Å²) in [4.78, 5) is 30.9. The highest BCUT2D eigenvalue weighted by Gasteiger charge is 2.27. The second kappa shape index (κ2) is 9.69. The van der Waals surface area contributed by atoms with Gasteiger partial charge in [0.2, 0.25) is 5.78 Å². The van der Waals surface area contributed by atoms with Crippen LogP contribution in [0, 0.1) is 5.92 Å². The maximum absolute atomic E-state index is 12.8. The number of ether oxygens (including phenoxy) is 2. The second-order valence-electron chi connectivity index (χ2n) is 7.85. The molecule has 1 amide bonds. The number of aromatic nitrogens is 2. The molecule has 7 heteroatoms. The van der Waals surface area contributed by atoms with Gasteiger partial charge in [-0.2, -0.15) is 0 Å². The van der Waals surface area contributed by atoms with E-state index in [1.54, 1.807) is 37.0 Å². The molecule has 0 saturated carbocycles. The normalized spacial score (nSPS) is 13.6. The van der Waals surface area contributed by atoms with Crippen molar-refractivity contribution in [2.75, 3.05) is 13.7 Å². The van der Waals surface area contributed by atoms with Gasteiger partial charge in [0, 0.05) is 26.0 Å². The molecule has 27 heavy (non-hydrogen) atoms. The highest BCUT2D eigenvalue weighted by Crippen LogP contribution is 2.18. The molecular formula is C20H33N3O4. The van der Waals surface area contributed by atoms with Gasteiger partial charge >= 0.3 is 6.09 Å². The second-order valence-corrected chi connectivity index (χ2v) is 7.85. The fourth-order valence-corrected chi connectivity index (χ4v) is 2.53. The van der Waals surface area contributed by atoms with Crippen LogP contribution in [0.4, 0.5) is 4.79 Å². The van der Waals surface area contributed by atoms with Crippen LogP contribution in [0.3, 0.4) is 0 Å². The van der Waals surface area contributed by atoms with Gasteiger partial charge in [0.15, 0.2) is 5.82 Å². The Balaban J connectivity index is 3.03. The third-order valence-electron chi connectivity index (χ3n) is 3.94. The maximum Gasteiger partial charge on any atom is 0.410 e. The van der Waals surface area contributed by atoms with E-state index in [9.17, 15) is 9.59 Å². The summed E-state index contributed by atoms with van der Waals surface area (Å²) in [5, 5.41) is 0. The molecule has 0 radical (unpaired) electrons. The molecule has 0 bridgehead atoms. The first-order chi connectivity index (χ1) is 12.5. The molecule has 0 aliphatic heterocycles. The molecular weight excluding hydrogens is 346 g/mol. The number of allylic oxidation sites excluding steroid dienone is 1. The zero-order valence-corrected chi connectivity index (χ0v) is 17.8. The van der Waals surface area contributed by atoms with Gasteiger partial charge in [-0.15, -0.1) is 0 Å². The Morgan fingerprint density at radius 1 is 1.33 bits per heavy atom. The molecule has 1 atom stereocenters. The lowest BCUT2D eigenvalue weighted by Gasteiger charge is -2.31. The number of likely N-dealkylation sites (N-methyl/N-ethyl adjacent to an activating group) is 1. The Kier molecular flexibility index (Phi) is 8.21. The first-order valence-corrected chi connectivity index (χ1v) is 9.25. The van der Waals surface area contributed by atoms with Gasteiger partial charge in [0.1, 0.15) is 12.3 Å². The van der Waals surface area contributed by atoms with E-state index in [1.807, 2.05) is 41.5 Å². The van der Waals surface area contributed by atoms with Gasteiger partial charge in [-0.3, -0.25) is 4.79 Å². The Bertz CT molecular complexity index is 671. The Labute approximate surface area is 162 Å². The molecule has 7 nitrogen and oxygen atoms in total. The highest BCUT2D eigenvalue weighted by atomic mass is 16.6. The van der Waals surface area contributed by atoms with Crippen LogP contribution in [0.2, 0.25) is 0 Å². The standard InChI is InChI=1S/C20H33N3O4/c1-9-26-13-23-11-10-21-18(23)17(24)15(4)12-16(14(2)3)22(8)19(25)27-20(5,6)7/h10-12,14,16H,9,13H2,1-8H3/b15-12+. The maximum atomic E-state index is 12.8. The number of rotatable bonds is 8. The molecule has 0 aromatic carbocycles. The van der Waals surface area contributed by atoms with Crippen molar-refractivity contribution in [2.24, 2.45) is 5.92 Å². The van der Waals surface area contributed by atoms with Crippen molar-refractivity contribution in [1.29, 1.82) is 0 Å². The molecule has 0 spiro atoms. The lowest BCUT2D eigenvalue weighted by Crippen LogP contribution is -2.42. The summed E-state index contributed by atoms with van der Waals surface area (Å²) >= 11 is 0. The van der Waals surface area contributed by atoms with E-state index in [0.717, 1.165) is 0 Å². The van der Waals surface area contributed by atoms with Gasteiger partial charge in [-0.1, -0.05) is 19.9 Å². The van der Waals surface area contributed by atoms with Crippen LogP contribution in [0.25, 0.3) is 0 Å². The summed E-state index contributed by atoms with van der Waals surface area (Å²) in [5.74, 6) is 0.232. The van der Waals surface area contributed by atoms with Gasteiger partial charge in [-0.05, 0) is 46.1 Å². The van der Waals surface area contributed by atoms with E-state index in [1.165, 1.54) is 4.90 Å². The van der Waals surface area contributed by atoms with Crippen LogP contribution < -0.4 is 0 Å². The van der Waals surface area contributed by atoms with Crippen molar-refractivity contribution in [2.45, 2.75) is 66.8 Å². The lowest BCUT2D eigenvalue weighted by molar-refractivity contribution is 0.0222. The van der Waals surface area contributed by atoms with Crippen molar-refractivity contribution in [1.82, 2.24) is 14.5 Å². The number of amides is 1. The summed E-state index contributed by atoms with van der Waals surface area (Å²) in [5.41, 5.74) is -0.0565. The predicted molar refractivity (Wildman–Crippen MR) is 105 cm³/mol. The van der Waals surface area contributed by atoms with Gasteiger partial charge in [-0.25, -0.2) is 9.78 Å². The van der Waals surface area contributed by atoms with Crippen LogP contribution in [0.5, 0.6) is 0 Å². The molecule has 0 N–H and O–H groups in total. The van der Waals surface area contributed by atoms with Crippen LogP contribution in [-0.2, 0) is 16.2 Å². The number of ketones is 1. The van der Waals surface area contributed by atoms with E-state index in [0.29, 0.717) is 18.0 Å². The largest absolute Gasteiger partial charge is 0.444 e. The van der Waals surface area contributed by atoms with E-state index >= 15 is 0 Å². The molecule has 0 saturated heterocycles. The van der Waals surface area contributed by atoms with Crippen molar-refractivity contribution in [3.63, 3.8) is 0 Å². The molecule has 1 heterocycles. The highest BCUT2D eigenvalue weighted by molar-refractivity contribution is 6.06. The van der Waals surface area contributed by atoms with Gasteiger partial charge in [0.05, 0.1) is 6.04 Å². The van der Waals surface area contributed by atoms with Crippen LogP contribution in [0.1, 0.15) is 59.1 Å². The van der Waals surface area contributed by atoms with Crippen LogP contribution in [-0.4, -0.2) is 51.6 Å². The SMILES string of the molecule is CCOCn1ccnc1C(=O)/C(C)=C/C(C(C)C)N(C)C(=O)OC(C)(C)C. The zero-order valence-electron chi connectivity index (χ0n) is 17.8. The first kappa shape index (κ1) is 22.9. The summed E-state index contributed by atoms with van der Waals surface area (Å²) in [6.07, 6.45) is 4.67. The van der Waals surface area contributed by atoms with Crippen molar-refractivity contribution in [3.05, 3.63) is 29.9 Å². The van der Waals surface area contributed by atoms with E-state index < -0.39 is 11.7 Å². The molecule has 1 aromatic heterocycles. The number of hydrogen-bond donors (Lipinski definition) is 0. The van der Waals surface area contributed by atoms with Crippen LogP contribution in [0.15, 0.2) is 24.0 Å².